The molecule has 1 heterocycles. The maximum atomic E-state index is 8.83. The molecule has 16 heavy (non-hydrogen) atoms. The lowest BCUT2D eigenvalue weighted by Crippen LogP contribution is -2.36. The Hall–Kier alpha value is -1.31. The van der Waals surface area contributed by atoms with Gasteiger partial charge < -0.3 is 10.1 Å². The van der Waals surface area contributed by atoms with Crippen molar-refractivity contribution in [2.24, 2.45) is 0 Å². The number of anilines is 1. The number of halogens is 1. The molecule has 0 saturated heterocycles. The van der Waals surface area contributed by atoms with Gasteiger partial charge in [0, 0.05) is 13.3 Å². The zero-order chi connectivity index (χ0) is 12.2. The molecule has 0 aliphatic carbocycles. The molecule has 1 aromatic rings. The summed E-state index contributed by atoms with van der Waals surface area (Å²) in [7, 11) is 1.63. The number of hydrogen-bond donors (Lipinski definition) is 1. The Labute approximate surface area is 100 Å². The second-order valence-electron chi connectivity index (χ2n) is 4.07. The smallest absolute Gasteiger partial charge is 0.146 e. The highest BCUT2D eigenvalue weighted by Gasteiger charge is 2.19. The molecule has 0 aromatic carbocycles. The topological polar surface area (TPSA) is 57.9 Å². The summed E-state index contributed by atoms with van der Waals surface area (Å²) < 4.78 is 5.08. The van der Waals surface area contributed by atoms with Gasteiger partial charge in [-0.3, -0.25) is 0 Å². The van der Waals surface area contributed by atoms with Crippen LogP contribution in [0.15, 0.2) is 12.3 Å². The fourth-order valence-corrected chi connectivity index (χ4v) is 1.54. The summed E-state index contributed by atoms with van der Waals surface area (Å²) in [5, 5.41) is 12.3. The van der Waals surface area contributed by atoms with Crippen molar-refractivity contribution in [2.45, 2.75) is 19.4 Å². The third kappa shape index (κ3) is 3.09. The molecule has 1 aromatic heterocycles. The molecule has 1 N–H and O–H groups in total. The first-order chi connectivity index (χ1) is 7.50. The van der Waals surface area contributed by atoms with E-state index >= 15 is 0 Å². The van der Waals surface area contributed by atoms with Crippen LogP contribution in [-0.2, 0) is 4.74 Å². The third-order valence-electron chi connectivity index (χ3n) is 1.97. The van der Waals surface area contributed by atoms with Gasteiger partial charge in [-0.1, -0.05) is 11.6 Å². The number of nitrogens with one attached hydrogen (secondary N) is 1. The highest BCUT2D eigenvalue weighted by atomic mass is 35.5. The summed E-state index contributed by atoms with van der Waals surface area (Å²) in [4.78, 5) is 4.10. The number of ether oxygens (including phenoxy) is 1. The Kier molecular flexibility index (Phi) is 4.11. The maximum Gasteiger partial charge on any atom is 0.146 e. The first kappa shape index (κ1) is 12.8. The van der Waals surface area contributed by atoms with E-state index in [4.69, 9.17) is 21.6 Å². The van der Waals surface area contributed by atoms with Gasteiger partial charge in [0.2, 0.25) is 0 Å². The van der Waals surface area contributed by atoms with Gasteiger partial charge >= 0.3 is 0 Å². The molecule has 0 radical (unpaired) electrons. The predicted molar refractivity (Wildman–Crippen MR) is 63.5 cm³/mol. The highest BCUT2D eigenvalue weighted by Crippen LogP contribution is 2.25. The summed E-state index contributed by atoms with van der Waals surface area (Å²) in [6, 6.07) is 3.59. The first-order valence-corrected chi connectivity index (χ1v) is 5.19. The normalized spacial score (nSPS) is 10.9. The fraction of sp³-hybridized carbons (Fsp3) is 0.455. The van der Waals surface area contributed by atoms with Crippen molar-refractivity contribution in [1.29, 1.82) is 5.26 Å². The summed E-state index contributed by atoms with van der Waals surface area (Å²) >= 11 is 6.03. The molecule has 0 unspecified atom stereocenters. The van der Waals surface area contributed by atoms with E-state index in [0.717, 1.165) is 0 Å². The minimum Gasteiger partial charge on any atom is -0.382 e. The fourth-order valence-electron chi connectivity index (χ4n) is 1.33. The highest BCUT2D eigenvalue weighted by molar-refractivity contribution is 6.34. The Balaban J connectivity index is 2.94. The van der Waals surface area contributed by atoms with Gasteiger partial charge in [0.15, 0.2) is 0 Å². The van der Waals surface area contributed by atoms with Gasteiger partial charge in [0.1, 0.15) is 16.9 Å². The van der Waals surface area contributed by atoms with E-state index in [0.29, 0.717) is 23.0 Å². The molecule has 0 spiro atoms. The first-order valence-electron chi connectivity index (χ1n) is 4.82. The number of hydrogen-bond acceptors (Lipinski definition) is 4. The average Bonchev–Trinajstić information content (AvgIpc) is 2.21. The maximum absolute atomic E-state index is 8.83. The molecule has 0 saturated carbocycles. The van der Waals surface area contributed by atoms with Gasteiger partial charge in [-0.25, -0.2) is 4.98 Å². The lowest BCUT2D eigenvalue weighted by Gasteiger charge is -2.26. The molecule has 5 heteroatoms. The minimum absolute atomic E-state index is 0.292. The van der Waals surface area contributed by atoms with Gasteiger partial charge in [-0.15, -0.1) is 0 Å². The summed E-state index contributed by atoms with van der Waals surface area (Å²) in [5.41, 5.74) is 0.117. The van der Waals surface area contributed by atoms with Gasteiger partial charge in [0.25, 0.3) is 0 Å². The van der Waals surface area contributed by atoms with Gasteiger partial charge in [-0.05, 0) is 19.9 Å². The molecular weight excluding hydrogens is 226 g/mol. The molecule has 86 valence electrons. The number of methoxy groups -OCH3 is 1. The van der Waals surface area contributed by atoms with E-state index in [1.807, 2.05) is 19.9 Å². The van der Waals surface area contributed by atoms with Crippen LogP contribution >= 0.6 is 11.6 Å². The Morgan fingerprint density at radius 2 is 2.31 bits per heavy atom. The monoisotopic (exact) mass is 239 g/mol. The number of aromatic nitrogens is 1. The third-order valence-corrected chi connectivity index (χ3v) is 2.35. The summed E-state index contributed by atoms with van der Waals surface area (Å²) in [6.07, 6.45) is 1.55. The quantitative estimate of drug-likeness (QED) is 0.877. The second-order valence-corrected chi connectivity index (χ2v) is 4.45. The van der Waals surface area contributed by atoms with Crippen LogP contribution < -0.4 is 5.32 Å². The Morgan fingerprint density at radius 1 is 1.62 bits per heavy atom. The van der Waals surface area contributed by atoms with Crippen LogP contribution in [0, 0.1) is 11.3 Å². The number of nitrogens with zero attached hydrogens (tertiary/aromatic N) is 2. The van der Waals surface area contributed by atoms with Crippen LogP contribution in [-0.4, -0.2) is 24.2 Å². The van der Waals surface area contributed by atoms with E-state index in [1.54, 1.807) is 19.4 Å². The van der Waals surface area contributed by atoms with Gasteiger partial charge in [0.05, 0.1) is 17.7 Å². The van der Waals surface area contributed by atoms with Crippen molar-refractivity contribution >= 4 is 17.4 Å². The van der Waals surface area contributed by atoms with E-state index in [2.05, 4.69) is 10.3 Å². The molecule has 0 bridgehead atoms. The van der Waals surface area contributed by atoms with Crippen LogP contribution in [0.3, 0.4) is 0 Å². The number of nitriles is 1. The van der Waals surface area contributed by atoms with Crippen molar-refractivity contribution < 1.29 is 4.74 Å². The van der Waals surface area contributed by atoms with Crippen LogP contribution in [0.2, 0.25) is 5.02 Å². The van der Waals surface area contributed by atoms with E-state index < -0.39 is 0 Å². The van der Waals surface area contributed by atoms with Crippen molar-refractivity contribution in [3.63, 3.8) is 0 Å². The average molecular weight is 240 g/mol. The standard InChI is InChI=1S/C11H14ClN3O/c1-11(2,7-16-3)15-10-9(12)8(6-13)4-5-14-10/h4-5H,7H2,1-3H3,(H,14,15). The molecule has 4 nitrogen and oxygen atoms in total. The zero-order valence-electron chi connectivity index (χ0n) is 9.54. The number of rotatable bonds is 4. The summed E-state index contributed by atoms with van der Waals surface area (Å²) in [6.45, 7) is 4.45. The van der Waals surface area contributed by atoms with Crippen LogP contribution in [0.1, 0.15) is 19.4 Å². The lowest BCUT2D eigenvalue weighted by molar-refractivity contribution is 0.158. The van der Waals surface area contributed by atoms with Gasteiger partial charge in [-0.2, -0.15) is 5.26 Å². The summed E-state index contributed by atoms with van der Waals surface area (Å²) in [5.74, 6) is 0.503. The Morgan fingerprint density at radius 3 is 2.88 bits per heavy atom. The Bertz CT molecular complexity index is 412. The molecule has 1 rings (SSSR count). The lowest BCUT2D eigenvalue weighted by atomic mass is 10.1. The molecule has 0 fully saturated rings. The second kappa shape index (κ2) is 5.15. The molecule has 0 aliphatic heterocycles. The van der Waals surface area contributed by atoms with E-state index in [9.17, 15) is 0 Å². The van der Waals surface area contributed by atoms with Crippen molar-refractivity contribution in [1.82, 2.24) is 4.98 Å². The molecule has 0 aliphatic rings. The van der Waals surface area contributed by atoms with Crippen LogP contribution in [0.5, 0.6) is 0 Å². The molecule has 0 atom stereocenters. The van der Waals surface area contributed by atoms with Crippen LogP contribution in [0.4, 0.5) is 5.82 Å². The SMILES string of the molecule is COCC(C)(C)Nc1nccc(C#N)c1Cl. The zero-order valence-corrected chi connectivity index (χ0v) is 10.3. The van der Waals surface area contributed by atoms with Crippen molar-refractivity contribution in [3.8, 4) is 6.07 Å². The van der Waals surface area contributed by atoms with E-state index in [-0.39, 0.29) is 5.54 Å². The molecule has 0 amide bonds. The van der Waals surface area contributed by atoms with Crippen LogP contribution in [0.25, 0.3) is 0 Å². The minimum atomic E-state index is -0.292. The largest absolute Gasteiger partial charge is 0.382 e. The number of pyridine rings is 1. The molecular formula is C11H14ClN3O. The predicted octanol–water partition coefficient (Wildman–Crippen LogP) is 2.44. The van der Waals surface area contributed by atoms with Crippen molar-refractivity contribution in [3.05, 3.63) is 22.8 Å². The van der Waals surface area contributed by atoms with E-state index in [1.165, 1.54) is 0 Å². The van der Waals surface area contributed by atoms with Crippen molar-refractivity contribution in [2.75, 3.05) is 19.0 Å².